The van der Waals surface area contributed by atoms with Gasteiger partial charge < -0.3 is 4.42 Å². The number of aryl methyl sites for hydroxylation is 1. The van der Waals surface area contributed by atoms with E-state index in [9.17, 15) is 0 Å². The van der Waals surface area contributed by atoms with E-state index >= 15 is 0 Å². The maximum atomic E-state index is 5.51. The predicted octanol–water partition coefficient (Wildman–Crippen LogP) is 3.68. The van der Waals surface area contributed by atoms with Crippen molar-refractivity contribution in [3.63, 3.8) is 0 Å². The van der Waals surface area contributed by atoms with Crippen LogP contribution in [0.2, 0.25) is 0 Å². The van der Waals surface area contributed by atoms with Gasteiger partial charge in [0.15, 0.2) is 17.1 Å². The molecule has 2 heterocycles. The Morgan fingerprint density at radius 1 is 1.13 bits per heavy atom. The summed E-state index contributed by atoms with van der Waals surface area (Å²) in [6.07, 6.45) is 0. The van der Waals surface area contributed by atoms with E-state index in [0.29, 0.717) is 11.6 Å². The smallest absolute Gasteiger partial charge is 0.199 e. The number of hydrogen-bond donors (Lipinski definition) is 0. The third kappa shape index (κ3) is 2.55. The maximum Gasteiger partial charge on any atom is 0.199 e. The number of rotatable bonds is 1. The minimum absolute atomic E-state index is 0.314. The van der Waals surface area contributed by atoms with Gasteiger partial charge >= 0.3 is 0 Å². The molecule has 15 heavy (non-hydrogen) atoms. The molecule has 0 amide bonds. The summed E-state index contributed by atoms with van der Waals surface area (Å²) in [6.45, 7) is 10.1. The molecule has 3 nitrogen and oxygen atoms in total. The molecular weight excluding hydrogens is 188 g/mol. The highest BCUT2D eigenvalue weighted by atomic mass is 16.3. The zero-order valence-corrected chi connectivity index (χ0v) is 10.0. The first-order valence-electron chi connectivity index (χ1n) is 5.41. The molecule has 0 unspecified atom stereocenters. The van der Waals surface area contributed by atoms with Crippen LogP contribution in [-0.4, -0.2) is 9.97 Å². The molecule has 82 valence electrons. The highest BCUT2D eigenvalue weighted by Crippen LogP contribution is 2.19. The molecule has 0 aliphatic carbocycles. The van der Waals surface area contributed by atoms with Crippen molar-refractivity contribution in [2.45, 2.75) is 40.5 Å². The van der Waals surface area contributed by atoms with Crippen molar-refractivity contribution in [1.29, 1.82) is 0 Å². The Labute approximate surface area is 90.5 Å². The van der Waals surface area contributed by atoms with Crippen LogP contribution in [0.25, 0.3) is 11.2 Å². The first kappa shape index (κ1) is 11.7. The Bertz CT molecular complexity index is 432. The Morgan fingerprint density at radius 3 is 2.40 bits per heavy atom. The molecule has 3 heteroatoms. The molecule has 0 N–H and O–H groups in total. The second-order valence-corrected chi connectivity index (χ2v) is 3.48. The van der Waals surface area contributed by atoms with Crippen LogP contribution in [0.5, 0.6) is 0 Å². The molecule has 0 saturated carbocycles. The summed E-state index contributed by atoms with van der Waals surface area (Å²) < 4.78 is 5.51. The standard InChI is InChI=1S/C10H12N2O.C2H6/c1-6(2)10-12-9-8(13-10)5-4-7(3)11-9;1-2/h4-6H,1-3H3;1-2H3. The van der Waals surface area contributed by atoms with E-state index in [1.54, 1.807) is 0 Å². The summed E-state index contributed by atoms with van der Waals surface area (Å²) in [5.74, 6) is 1.07. The minimum atomic E-state index is 0.314. The van der Waals surface area contributed by atoms with Crippen molar-refractivity contribution in [2.75, 3.05) is 0 Å². The molecule has 0 atom stereocenters. The highest BCUT2D eigenvalue weighted by molar-refractivity contribution is 5.67. The Balaban J connectivity index is 0.000000531. The monoisotopic (exact) mass is 206 g/mol. The first-order valence-corrected chi connectivity index (χ1v) is 5.41. The molecule has 0 aliphatic rings. The van der Waals surface area contributed by atoms with Gasteiger partial charge in [-0.3, -0.25) is 0 Å². The average molecular weight is 206 g/mol. The van der Waals surface area contributed by atoms with Crippen LogP contribution < -0.4 is 0 Å². The lowest BCUT2D eigenvalue weighted by molar-refractivity contribution is 0.501. The SMILES string of the molecule is CC.Cc1ccc2oc(C(C)C)nc2n1. The fourth-order valence-electron chi connectivity index (χ4n) is 1.18. The molecule has 0 spiro atoms. The van der Waals surface area contributed by atoms with Crippen molar-refractivity contribution < 1.29 is 4.42 Å². The van der Waals surface area contributed by atoms with Gasteiger partial charge in [-0.25, -0.2) is 4.98 Å². The Morgan fingerprint density at radius 2 is 1.80 bits per heavy atom. The fraction of sp³-hybridized carbons (Fsp3) is 0.500. The number of aromatic nitrogens is 2. The van der Waals surface area contributed by atoms with Gasteiger partial charge in [-0.15, -0.1) is 0 Å². The predicted molar refractivity (Wildman–Crippen MR) is 62.0 cm³/mol. The van der Waals surface area contributed by atoms with Crippen LogP contribution in [0.4, 0.5) is 0 Å². The molecule has 0 saturated heterocycles. The van der Waals surface area contributed by atoms with Crippen molar-refractivity contribution in [3.05, 3.63) is 23.7 Å². The van der Waals surface area contributed by atoms with Gasteiger partial charge in [0.05, 0.1) is 0 Å². The third-order valence-electron chi connectivity index (χ3n) is 1.90. The van der Waals surface area contributed by atoms with Gasteiger partial charge in [-0.05, 0) is 19.1 Å². The Hall–Kier alpha value is -1.38. The quantitative estimate of drug-likeness (QED) is 0.714. The number of nitrogens with zero attached hydrogens (tertiary/aromatic N) is 2. The van der Waals surface area contributed by atoms with E-state index in [1.807, 2.05) is 32.9 Å². The van der Waals surface area contributed by atoms with Crippen LogP contribution in [0.3, 0.4) is 0 Å². The van der Waals surface area contributed by atoms with Crippen molar-refractivity contribution in [1.82, 2.24) is 9.97 Å². The van der Waals surface area contributed by atoms with Crippen LogP contribution in [-0.2, 0) is 0 Å². The summed E-state index contributed by atoms with van der Waals surface area (Å²) in [5, 5.41) is 0. The number of hydrogen-bond acceptors (Lipinski definition) is 3. The lowest BCUT2D eigenvalue weighted by Gasteiger charge is -1.93. The van der Waals surface area contributed by atoms with E-state index in [1.165, 1.54) is 0 Å². The van der Waals surface area contributed by atoms with Crippen LogP contribution in [0.15, 0.2) is 16.5 Å². The summed E-state index contributed by atoms with van der Waals surface area (Å²) >= 11 is 0. The number of pyridine rings is 1. The van der Waals surface area contributed by atoms with Gasteiger partial charge in [0.25, 0.3) is 0 Å². The van der Waals surface area contributed by atoms with Crippen LogP contribution in [0, 0.1) is 6.92 Å². The summed E-state index contributed by atoms with van der Waals surface area (Å²) in [7, 11) is 0. The summed E-state index contributed by atoms with van der Waals surface area (Å²) in [6, 6.07) is 3.84. The van der Waals surface area contributed by atoms with Gasteiger partial charge in [-0.2, -0.15) is 4.98 Å². The van der Waals surface area contributed by atoms with Gasteiger partial charge in [-0.1, -0.05) is 27.7 Å². The van der Waals surface area contributed by atoms with Crippen molar-refractivity contribution in [2.24, 2.45) is 0 Å². The molecule has 0 radical (unpaired) electrons. The van der Waals surface area contributed by atoms with Crippen molar-refractivity contribution in [3.8, 4) is 0 Å². The molecule has 0 aromatic carbocycles. The lowest BCUT2D eigenvalue weighted by Crippen LogP contribution is -1.86. The second kappa shape index (κ2) is 4.91. The van der Waals surface area contributed by atoms with Gasteiger partial charge in [0.1, 0.15) is 0 Å². The normalized spacial score (nSPS) is 10.3. The summed E-state index contributed by atoms with van der Waals surface area (Å²) in [4.78, 5) is 8.57. The largest absolute Gasteiger partial charge is 0.439 e. The van der Waals surface area contributed by atoms with E-state index in [-0.39, 0.29) is 0 Å². The molecule has 2 aromatic heterocycles. The molecule has 0 aliphatic heterocycles. The van der Waals surface area contributed by atoms with Gasteiger partial charge in [0, 0.05) is 11.6 Å². The molecule has 0 fully saturated rings. The van der Waals surface area contributed by atoms with Gasteiger partial charge in [0.2, 0.25) is 0 Å². The van der Waals surface area contributed by atoms with E-state index < -0.39 is 0 Å². The molecule has 0 bridgehead atoms. The highest BCUT2D eigenvalue weighted by Gasteiger charge is 2.09. The molecular formula is C12H18N2O. The first-order chi connectivity index (χ1) is 7.16. The zero-order chi connectivity index (χ0) is 11.4. The number of fused-ring (bicyclic) bond motifs is 1. The third-order valence-corrected chi connectivity index (χ3v) is 1.90. The number of oxazole rings is 1. The van der Waals surface area contributed by atoms with E-state index in [0.717, 1.165) is 17.2 Å². The van der Waals surface area contributed by atoms with E-state index in [2.05, 4.69) is 23.8 Å². The van der Waals surface area contributed by atoms with E-state index in [4.69, 9.17) is 4.42 Å². The summed E-state index contributed by atoms with van der Waals surface area (Å²) in [5.41, 5.74) is 2.45. The minimum Gasteiger partial charge on any atom is -0.439 e. The molecule has 2 aromatic rings. The maximum absolute atomic E-state index is 5.51. The average Bonchev–Trinajstić information content (AvgIpc) is 2.63. The van der Waals surface area contributed by atoms with Crippen LogP contribution >= 0.6 is 0 Å². The van der Waals surface area contributed by atoms with Crippen molar-refractivity contribution >= 4 is 11.2 Å². The lowest BCUT2D eigenvalue weighted by atomic mass is 10.2. The Kier molecular flexibility index (Phi) is 3.83. The molecule has 2 rings (SSSR count). The van der Waals surface area contributed by atoms with Crippen LogP contribution in [0.1, 0.15) is 45.2 Å². The zero-order valence-electron chi connectivity index (χ0n) is 10.0. The fourth-order valence-corrected chi connectivity index (χ4v) is 1.18. The topological polar surface area (TPSA) is 38.9 Å². The second-order valence-electron chi connectivity index (χ2n) is 3.48.